The van der Waals surface area contributed by atoms with Crippen molar-refractivity contribution in [2.24, 2.45) is 4.99 Å². The monoisotopic (exact) mass is 441 g/mol. The fourth-order valence-corrected chi connectivity index (χ4v) is 3.01. The Hall–Kier alpha value is -0.0800. The van der Waals surface area contributed by atoms with Crippen LogP contribution in [-0.4, -0.2) is 49.0 Å². The molecule has 0 aromatic rings. The SMILES string of the molecule is CCCC(O)(CCC)CN=C(NCC)NCCC1CCCO1.I. The van der Waals surface area contributed by atoms with Crippen LogP contribution >= 0.6 is 24.0 Å². The molecule has 0 amide bonds. The molecule has 0 aromatic heterocycles. The molecule has 0 aliphatic carbocycles. The minimum Gasteiger partial charge on any atom is -0.388 e. The minimum absolute atomic E-state index is 0. The molecule has 0 bridgehead atoms. The van der Waals surface area contributed by atoms with Crippen molar-refractivity contribution < 1.29 is 9.84 Å². The quantitative estimate of drug-likeness (QED) is 0.277. The van der Waals surface area contributed by atoms with E-state index in [-0.39, 0.29) is 24.0 Å². The number of aliphatic imine (C=N–C) groups is 1. The van der Waals surface area contributed by atoms with Crippen molar-refractivity contribution in [3.63, 3.8) is 0 Å². The summed E-state index contributed by atoms with van der Waals surface area (Å²) in [6.07, 6.45) is 7.33. The van der Waals surface area contributed by atoms with Gasteiger partial charge in [0.05, 0.1) is 18.2 Å². The van der Waals surface area contributed by atoms with Crippen LogP contribution in [0.25, 0.3) is 0 Å². The highest BCUT2D eigenvalue weighted by atomic mass is 127. The van der Waals surface area contributed by atoms with Gasteiger partial charge in [-0.15, -0.1) is 24.0 Å². The molecule has 1 aliphatic heterocycles. The summed E-state index contributed by atoms with van der Waals surface area (Å²) in [5.41, 5.74) is -0.666. The van der Waals surface area contributed by atoms with E-state index in [1.807, 2.05) is 0 Å². The molecule has 0 spiro atoms. The van der Waals surface area contributed by atoms with Gasteiger partial charge in [0.2, 0.25) is 0 Å². The largest absolute Gasteiger partial charge is 0.388 e. The zero-order chi connectivity index (χ0) is 16.3. The second-order valence-electron chi connectivity index (χ2n) is 6.27. The molecular weight excluding hydrogens is 405 g/mol. The van der Waals surface area contributed by atoms with E-state index in [0.717, 1.165) is 57.8 Å². The van der Waals surface area contributed by atoms with Crippen LogP contribution < -0.4 is 10.6 Å². The second-order valence-corrected chi connectivity index (χ2v) is 6.27. The van der Waals surface area contributed by atoms with E-state index < -0.39 is 5.60 Å². The van der Waals surface area contributed by atoms with Crippen LogP contribution in [0.3, 0.4) is 0 Å². The maximum absolute atomic E-state index is 10.6. The van der Waals surface area contributed by atoms with Crippen molar-refractivity contribution in [3.8, 4) is 0 Å². The summed E-state index contributed by atoms with van der Waals surface area (Å²) in [5, 5.41) is 17.2. The lowest BCUT2D eigenvalue weighted by Crippen LogP contribution is -2.41. The molecule has 0 saturated carbocycles. The van der Waals surface area contributed by atoms with Crippen molar-refractivity contribution in [1.82, 2.24) is 10.6 Å². The Bertz CT molecular complexity index is 315. The number of hydrogen-bond donors (Lipinski definition) is 3. The predicted molar refractivity (Wildman–Crippen MR) is 108 cm³/mol. The lowest BCUT2D eigenvalue weighted by atomic mass is 9.93. The maximum atomic E-state index is 10.6. The first-order chi connectivity index (χ1) is 10.6. The number of hydrogen-bond acceptors (Lipinski definition) is 3. The molecule has 1 aliphatic rings. The van der Waals surface area contributed by atoms with Gasteiger partial charge in [-0.3, -0.25) is 4.99 Å². The molecule has 1 fully saturated rings. The summed E-state index contributed by atoms with van der Waals surface area (Å²) >= 11 is 0. The Kier molecular flexibility index (Phi) is 13.2. The van der Waals surface area contributed by atoms with Crippen LogP contribution in [0.2, 0.25) is 0 Å². The maximum Gasteiger partial charge on any atom is 0.191 e. The first kappa shape index (κ1) is 22.9. The van der Waals surface area contributed by atoms with Crippen LogP contribution in [-0.2, 0) is 4.74 Å². The highest BCUT2D eigenvalue weighted by molar-refractivity contribution is 14.0. The fraction of sp³-hybridized carbons (Fsp3) is 0.941. The average molecular weight is 441 g/mol. The molecule has 1 saturated heterocycles. The van der Waals surface area contributed by atoms with Gasteiger partial charge in [-0.25, -0.2) is 0 Å². The predicted octanol–water partition coefficient (Wildman–Crippen LogP) is 3.06. The molecule has 0 aromatic carbocycles. The molecule has 1 rings (SSSR count). The molecule has 23 heavy (non-hydrogen) atoms. The Balaban J connectivity index is 0.00000484. The second kappa shape index (κ2) is 13.2. The van der Waals surface area contributed by atoms with E-state index in [4.69, 9.17) is 4.74 Å². The minimum atomic E-state index is -0.666. The van der Waals surface area contributed by atoms with E-state index in [0.29, 0.717) is 12.6 Å². The third kappa shape index (κ3) is 9.72. The molecule has 0 radical (unpaired) electrons. The van der Waals surface area contributed by atoms with Gasteiger partial charge < -0.3 is 20.5 Å². The van der Waals surface area contributed by atoms with Crippen LogP contribution in [0.4, 0.5) is 0 Å². The highest BCUT2D eigenvalue weighted by Crippen LogP contribution is 2.19. The number of rotatable bonds is 10. The number of nitrogens with one attached hydrogen (secondary N) is 2. The summed E-state index contributed by atoms with van der Waals surface area (Å²) in [6, 6.07) is 0. The normalized spacial score (nSPS) is 18.6. The number of halogens is 1. The Morgan fingerprint density at radius 1 is 1.22 bits per heavy atom. The molecule has 6 heteroatoms. The molecule has 1 unspecified atom stereocenters. The van der Waals surface area contributed by atoms with Gasteiger partial charge in [0, 0.05) is 19.7 Å². The van der Waals surface area contributed by atoms with Crippen molar-refractivity contribution in [2.75, 3.05) is 26.2 Å². The summed E-state index contributed by atoms with van der Waals surface area (Å²) in [7, 11) is 0. The van der Waals surface area contributed by atoms with E-state index in [1.165, 1.54) is 12.8 Å². The first-order valence-corrected chi connectivity index (χ1v) is 8.99. The molecule has 3 N–H and O–H groups in total. The van der Waals surface area contributed by atoms with Gasteiger partial charge >= 0.3 is 0 Å². The Morgan fingerprint density at radius 3 is 2.43 bits per heavy atom. The lowest BCUT2D eigenvalue weighted by molar-refractivity contribution is 0.0306. The van der Waals surface area contributed by atoms with Crippen molar-refractivity contribution in [2.45, 2.75) is 77.4 Å². The fourth-order valence-electron chi connectivity index (χ4n) is 3.01. The average Bonchev–Trinajstić information content (AvgIpc) is 2.99. The van der Waals surface area contributed by atoms with E-state index in [1.54, 1.807) is 0 Å². The van der Waals surface area contributed by atoms with Crippen LogP contribution in [0, 0.1) is 0 Å². The zero-order valence-electron chi connectivity index (χ0n) is 15.1. The molecule has 1 heterocycles. The van der Waals surface area contributed by atoms with E-state index in [9.17, 15) is 5.11 Å². The van der Waals surface area contributed by atoms with Gasteiger partial charge in [-0.05, 0) is 39.0 Å². The third-order valence-electron chi connectivity index (χ3n) is 4.09. The summed E-state index contributed by atoms with van der Waals surface area (Å²) in [4.78, 5) is 4.59. The van der Waals surface area contributed by atoms with E-state index in [2.05, 4.69) is 36.4 Å². The Morgan fingerprint density at radius 2 is 1.91 bits per heavy atom. The lowest BCUT2D eigenvalue weighted by Gasteiger charge is -2.26. The van der Waals surface area contributed by atoms with Gasteiger partial charge in [-0.1, -0.05) is 26.7 Å². The standard InChI is InChI=1S/C17H35N3O2.HI/c1-4-10-17(21,11-5-2)14-20-16(18-6-3)19-12-9-15-8-7-13-22-15;/h15,21H,4-14H2,1-3H3,(H2,18,19,20);1H. The topological polar surface area (TPSA) is 65.9 Å². The zero-order valence-corrected chi connectivity index (χ0v) is 17.4. The van der Waals surface area contributed by atoms with E-state index >= 15 is 0 Å². The number of aliphatic hydroxyl groups is 1. The Labute approximate surface area is 159 Å². The van der Waals surface area contributed by atoms with Crippen LogP contribution in [0.15, 0.2) is 4.99 Å². The first-order valence-electron chi connectivity index (χ1n) is 8.99. The van der Waals surface area contributed by atoms with Gasteiger partial charge in [0.15, 0.2) is 5.96 Å². The summed E-state index contributed by atoms with van der Waals surface area (Å²) in [6.45, 7) is 9.32. The third-order valence-corrected chi connectivity index (χ3v) is 4.09. The number of nitrogens with zero attached hydrogens (tertiary/aromatic N) is 1. The number of guanidine groups is 1. The molecule has 138 valence electrons. The molecule has 1 atom stereocenters. The van der Waals surface area contributed by atoms with Crippen molar-refractivity contribution in [1.29, 1.82) is 0 Å². The van der Waals surface area contributed by atoms with Gasteiger partial charge in [0.1, 0.15) is 0 Å². The van der Waals surface area contributed by atoms with Gasteiger partial charge in [0.25, 0.3) is 0 Å². The summed E-state index contributed by atoms with van der Waals surface area (Å²) in [5.74, 6) is 0.797. The van der Waals surface area contributed by atoms with Crippen LogP contribution in [0.5, 0.6) is 0 Å². The molecule has 5 nitrogen and oxygen atoms in total. The number of ether oxygens (including phenoxy) is 1. The summed E-state index contributed by atoms with van der Waals surface area (Å²) < 4.78 is 5.63. The smallest absolute Gasteiger partial charge is 0.191 e. The highest BCUT2D eigenvalue weighted by Gasteiger charge is 2.24. The molecular formula is C17H36IN3O2. The van der Waals surface area contributed by atoms with Crippen LogP contribution in [0.1, 0.15) is 65.7 Å². The van der Waals surface area contributed by atoms with Crippen molar-refractivity contribution in [3.05, 3.63) is 0 Å². The van der Waals surface area contributed by atoms with Gasteiger partial charge in [-0.2, -0.15) is 0 Å². The van der Waals surface area contributed by atoms with Crippen molar-refractivity contribution >= 4 is 29.9 Å².